The molecule has 1 aliphatic rings. The van der Waals surface area contributed by atoms with Gasteiger partial charge in [0.25, 0.3) is 0 Å². The lowest BCUT2D eigenvalue weighted by atomic mass is 10.1. The van der Waals surface area contributed by atoms with Crippen molar-refractivity contribution in [1.29, 1.82) is 0 Å². The first-order valence-corrected chi connectivity index (χ1v) is 3.71. The summed E-state index contributed by atoms with van der Waals surface area (Å²) in [6.07, 6.45) is 9.41. The molecule has 1 rings (SSSR count). The van der Waals surface area contributed by atoms with Gasteiger partial charge < -0.3 is 5.11 Å². The fourth-order valence-corrected chi connectivity index (χ4v) is 1.40. The van der Waals surface area contributed by atoms with E-state index in [4.69, 9.17) is 5.11 Å². The maximum absolute atomic E-state index is 8.44. The summed E-state index contributed by atoms with van der Waals surface area (Å²) in [6, 6.07) is 0. The maximum atomic E-state index is 8.44. The number of hydrogen-bond acceptors (Lipinski definition) is 1. The normalized spacial score (nSPS) is 21.9. The summed E-state index contributed by atoms with van der Waals surface area (Å²) in [5, 5.41) is 8.44. The average Bonchev–Trinajstić information content (AvgIpc) is 2.34. The number of aliphatic hydroxyl groups is 1. The fourth-order valence-electron chi connectivity index (χ4n) is 1.40. The van der Waals surface area contributed by atoms with Gasteiger partial charge in [0.15, 0.2) is 0 Å². The Morgan fingerprint density at radius 1 is 1.33 bits per heavy atom. The van der Waals surface area contributed by atoms with Crippen LogP contribution in [-0.2, 0) is 0 Å². The van der Waals surface area contributed by atoms with Crippen molar-refractivity contribution in [3.63, 3.8) is 0 Å². The van der Waals surface area contributed by atoms with E-state index in [2.05, 4.69) is 6.08 Å². The van der Waals surface area contributed by atoms with E-state index in [1.165, 1.54) is 25.7 Å². The standard InChI is InChI=1S/C8H14O/c9-7-3-6-8-4-1-2-5-8/h3,6,8-9H,1-2,4-5,7H2/b6-3+. The van der Waals surface area contributed by atoms with Gasteiger partial charge in [-0.05, 0) is 18.8 Å². The highest BCUT2D eigenvalue weighted by Crippen LogP contribution is 2.25. The van der Waals surface area contributed by atoms with Gasteiger partial charge in [0, 0.05) is 0 Å². The highest BCUT2D eigenvalue weighted by molar-refractivity contribution is 4.90. The van der Waals surface area contributed by atoms with Crippen LogP contribution in [0.1, 0.15) is 25.7 Å². The van der Waals surface area contributed by atoms with Gasteiger partial charge in [-0.25, -0.2) is 0 Å². The molecule has 1 heteroatoms. The lowest BCUT2D eigenvalue weighted by Crippen LogP contribution is -1.86. The van der Waals surface area contributed by atoms with Crippen LogP contribution in [0.4, 0.5) is 0 Å². The largest absolute Gasteiger partial charge is 0.392 e. The number of rotatable bonds is 2. The van der Waals surface area contributed by atoms with Crippen molar-refractivity contribution in [2.45, 2.75) is 25.7 Å². The van der Waals surface area contributed by atoms with E-state index in [0.717, 1.165) is 5.92 Å². The smallest absolute Gasteiger partial charge is 0.0612 e. The number of aliphatic hydroxyl groups excluding tert-OH is 1. The van der Waals surface area contributed by atoms with E-state index >= 15 is 0 Å². The van der Waals surface area contributed by atoms with Gasteiger partial charge in [0.2, 0.25) is 0 Å². The summed E-state index contributed by atoms with van der Waals surface area (Å²) in [4.78, 5) is 0. The van der Waals surface area contributed by atoms with Gasteiger partial charge in [0.05, 0.1) is 6.61 Å². The molecule has 0 heterocycles. The average molecular weight is 126 g/mol. The summed E-state index contributed by atoms with van der Waals surface area (Å²) in [7, 11) is 0. The minimum absolute atomic E-state index is 0.205. The second-order valence-electron chi connectivity index (χ2n) is 2.66. The van der Waals surface area contributed by atoms with Crippen molar-refractivity contribution < 1.29 is 5.11 Å². The molecule has 1 N–H and O–H groups in total. The van der Waals surface area contributed by atoms with Crippen LogP contribution in [0.25, 0.3) is 0 Å². The molecule has 0 bridgehead atoms. The Morgan fingerprint density at radius 2 is 2.00 bits per heavy atom. The molecule has 0 aromatic rings. The highest BCUT2D eigenvalue weighted by atomic mass is 16.2. The zero-order chi connectivity index (χ0) is 6.53. The Hall–Kier alpha value is -0.300. The molecule has 9 heavy (non-hydrogen) atoms. The van der Waals surface area contributed by atoms with Crippen molar-refractivity contribution >= 4 is 0 Å². The summed E-state index contributed by atoms with van der Waals surface area (Å²) in [6.45, 7) is 0.205. The van der Waals surface area contributed by atoms with E-state index < -0.39 is 0 Å². The molecule has 0 atom stereocenters. The van der Waals surface area contributed by atoms with Gasteiger partial charge in [-0.1, -0.05) is 25.0 Å². The van der Waals surface area contributed by atoms with Gasteiger partial charge in [-0.2, -0.15) is 0 Å². The van der Waals surface area contributed by atoms with Crippen LogP contribution in [0.5, 0.6) is 0 Å². The predicted octanol–water partition coefficient (Wildman–Crippen LogP) is 1.73. The third kappa shape index (κ3) is 2.19. The van der Waals surface area contributed by atoms with E-state index in [9.17, 15) is 0 Å². The Morgan fingerprint density at radius 3 is 2.56 bits per heavy atom. The summed E-state index contributed by atoms with van der Waals surface area (Å²) < 4.78 is 0. The Balaban J connectivity index is 2.18. The predicted molar refractivity (Wildman–Crippen MR) is 38.2 cm³/mol. The topological polar surface area (TPSA) is 20.2 Å². The van der Waals surface area contributed by atoms with Gasteiger partial charge in [-0.3, -0.25) is 0 Å². The lowest BCUT2D eigenvalue weighted by Gasteiger charge is -1.97. The summed E-state index contributed by atoms with van der Waals surface area (Å²) >= 11 is 0. The van der Waals surface area contributed by atoms with Crippen LogP contribution in [-0.4, -0.2) is 11.7 Å². The molecule has 0 aromatic carbocycles. The molecule has 1 aliphatic carbocycles. The number of allylic oxidation sites excluding steroid dienone is 1. The third-order valence-electron chi connectivity index (χ3n) is 1.91. The minimum Gasteiger partial charge on any atom is -0.392 e. The molecule has 1 nitrogen and oxygen atoms in total. The second kappa shape index (κ2) is 3.67. The van der Waals surface area contributed by atoms with Crippen molar-refractivity contribution in [3.05, 3.63) is 12.2 Å². The van der Waals surface area contributed by atoms with Crippen LogP contribution >= 0.6 is 0 Å². The quantitative estimate of drug-likeness (QED) is 0.558. The van der Waals surface area contributed by atoms with Crippen molar-refractivity contribution in [3.8, 4) is 0 Å². The van der Waals surface area contributed by atoms with Crippen molar-refractivity contribution in [2.24, 2.45) is 5.92 Å². The third-order valence-corrected chi connectivity index (χ3v) is 1.91. The van der Waals surface area contributed by atoms with Crippen LogP contribution < -0.4 is 0 Å². The van der Waals surface area contributed by atoms with Gasteiger partial charge in [0.1, 0.15) is 0 Å². The van der Waals surface area contributed by atoms with Crippen LogP contribution in [0, 0.1) is 5.92 Å². The van der Waals surface area contributed by atoms with Crippen LogP contribution in [0.15, 0.2) is 12.2 Å². The molecule has 0 aliphatic heterocycles. The van der Waals surface area contributed by atoms with Crippen molar-refractivity contribution in [1.82, 2.24) is 0 Å². The summed E-state index contributed by atoms with van der Waals surface area (Å²) in [5.41, 5.74) is 0. The van der Waals surface area contributed by atoms with E-state index in [1.807, 2.05) is 6.08 Å². The van der Waals surface area contributed by atoms with Gasteiger partial charge >= 0.3 is 0 Å². The van der Waals surface area contributed by atoms with Gasteiger partial charge in [-0.15, -0.1) is 0 Å². The van der Waals surface area contributed by atoms with E-state index in [0.29, 0.717) is 0 Å². The highest BCUT2D eigenvalue weighted by Gasteiger charge is 2.10. The Labute approximate surface area is 56.4 Å². The first kappa shape index (κ1) is 6.81. The number of hydrogen-bond donors (Lipinski definition) is 1. The zero-order valence-electron chi connectivity index (χ0n) is 5.71. The molecule has 0 radical (unpaired) electrons. The molecule has 1 fully saturated rings. The van der Waals surface area contributed by atoms with E-state index in [1.54, 1.807) is 0 Å². The maximum Gasteiger partial charge on any atom is 0.0612 e. The molecule has 0 spiro atoms. The zero-order valence-corrected chi connectivity index (χ0v) is 5.71. The minimum atomic E-state index is 0.205. The first-order valence-electron chi connectivity index (χ1n) is 3.71. The molecule has 0 saturated heterocycles. The van der Waals surface area contributed by atoms with E-state index in [-0.39, 0.29) is 6.61 Å². The lowest BCUT2D eigenvalue weighted by molar-refractivity contribution is 0.341. The molecular formula is C8H14O. The second-order valence-corrected chi connectivity index (χ2v) is 2.66. The molecular weight excluding hydrogens is 112 g/mol. The Kier molecular flexibility index (Phi) is 2.78. The SMILES string of the molecule is OC/C=C/C1CCCC1. The fraction of sp³-hybridized carbons (Fsp3) is 0.750. The Bertz CT molecular complexity index is 90.7. The van der Waals surface area contributed by atoms with Crippen LogP contribution in [0.3, 0.4) is 0 Å². The monoisotopic (exact) mass is 126 g/mol. The summed E-state index contributed by atoms with van der Waals surface area (Å²) in [5.74, 6) is 0.775. The molecule has 0 aromatic heterocycles. The van der Waals surface area contributed by atoms with Crippen LogP contribution in [0.2, 0.25) is 0 Å². The van der Waals surface area contributed by atoms with Crippen molar-refractivity contribution in [2.75, 3.05) is 6.61 Å². The molecule has 0 amide bonds. The molecule has 0 unspecified atom stereocenters. The molecule has 52 valence electrons. The first-order chi connectivity index (χ1) is 4.43. The molecule has 1 saturated carbocycles.